The topological polar surface area (TPSA) is 71.1 Å². The second-order valence-electron chi connectivity index (χ2n) is 4.40. The minimum Gasteiger partial charge on any atom is -0.350 e. The Balaban J connectivity index is 1.85. The van der Waals surface area contributed by atoms with Gasteiger partial charge in [-0.05, 0) is 18.3 Å². The predicted molar refractivity (Wildman–Crippen MR) is 66.0 cm³/mol. The maximum Gasteiger partial charge on any atom is 0.270 e. The monoisotopic (exact) mass is 253 g/mol. The number of hydrogen-bond acceptors (Lipinski definition) is 4. The number of thiazole rings is 1. The molecule has 1 aromatic heterocycles. The molecule has 0 aromatic carbocycles. The first-order chi connectivity index (χ1) is 8.06. The van der Waals surface area contributed by atoms with E-state index in [1.54, 1.807) is 5.38 Å². The lowest BCUT2D eigenvalue weighted by Crippen LogP contribution is -2.26. The highest BCUT2D eigenvalue weighted by atomic mass is 32.1. The average molecular weight is 253 g/mol. The Bertz CT molecular complexity index is 444. The van der Waals surface area contributed by atoms with Crippen LogP contribution in [0.5, 0.6) is 0 Å². The summed E-state index contributed by atoms with van der Waals surface area (Å²) in [5, 5.41) is 7.51. The van der Waals surface area contributed by atoms with E-state index in [9.17, 15) is 9.59 Å². The van der Waals surface area contributed by atoms with E-state index in [0.717, 1.165) is 5.92 Å². The van der Waals surface area contributed by atoms with Gasteiger partial charge in [0, 0.05) is 18.8 Å². The molecule has 0 spiro atoms. The second-order valence-corrected chi connectivity index (χ2v) is 5.26. The molecule has 0 bridgehead atoms. The maximum atomic E-state index is 11.7. The normalized spacial score (nSPS) is 22.0. The number of carbonyl (C=O) groups excluding carboxylic acids is 2. The number of amides is 2. The number of nitrogens with zero attached hydrogens (tertiary/aromatic N) is 1. The van der Waals surface area contributed by atoms with Gasteiger partial charge in [0.1, 0.15) is 5.69 Å². The SMILES string of the molecule is CC(=O)Nc1nc(C(=O)NC[C@@H]2C[C@@H]2C)cs1. The van der Waals surface area contributed by atoms with Crippen LogP contribution in [0.4, 0.5) is 5.13 Å². The third-order valence-corrected chi connectivity index (χ3v) is 3.58. The third kappa shape index (κ3) is 3.26. The molecule has 1 aromatic rings. The van der Waals surface area contributed by atoms with Crippen molar-refractivity contribution in [1.82, 2.24) is 10.3 Å². The van der Waals surface area contributed by atoms with Gasteiger partial charge in [0.2, 0.25) is 5.91 Å². The van der Waals surface area contributed by atoms with E-state index in [1.165, 1.54) is 24.7 Å². The van der Waals surface area contributed by atoms with E-state index in [0.29, 0.717) is 23.3 Å². The van der Waals surface area contributed by atoms with E-state index in [1.807, 2.05) is 0 Å². The summed E-state index contributed by atoms with van der Waals surface area (Å²) in [6, 6.07) is 0. The Kier molecular flexibility index (Phi) is 3.42. The Morgan fingerprint density at radius 3 is 2.88 bits per heavy atom. The number of rotatable bonds is 4. The zero-order valence-corrected chi connectivity index (χ0v) is 10.6. The van der Waals surface area contributed by atoms with Crippen LogP contribution in [0.3, 0.4) is 0 Å². The molecule has 2 atom stereocenters. The number of anilines is 1. The van der Waals surface area contributed by atoms with Gasteiger partial charge in [-0.1, -0.05) is 6.92 Å². The molecule has 1 aliphatic carbocycles. The van der Waals surface area contributed by atoms with Gasteiger partial charge in [0.25, 0.3) is 5.91 Å². The Labute approximate surface area is 104 Å². The van der Waals surface area contributed by atoms with Gasteiger partial charge in [-0.25, -0.2) is 4.98 Å². The molecule has 5 nitrogen and oxygen atoms in total. The molecule has 2 rings (SSSR count). The van der Waals surface area contributed by atoms with Gasteiger partial charge in [0.15, 0.2) is 5.13 Å². The van der Waals surface area contributed by atoms with Crippen LogP contribution in [0.15, 0.2) is 5.38 Å². The highest BCUT2D eigenvalue weighted by Gasteiger charge is 2.32. The summed E-state index contributed by atoms with van der Waals surface area (Å²) in [6.07, 6.45) is 1.19. The fourth-order valence-electron chi connectivity index (χ4n) is 1.58. The molecule has 0 radical (unpaired) electrons. The van der Waals surface area contributed by atoms with Gasteiger partial charge >= 0.3 is 0 Å². The molecule has 0 aliphatic heterocycles. The van der Waals surface area contributed by atoms with Crippen molar-refractivity contribution in [2.24, 2.45) is 11.8 Å². The van der Waals surface area contributed by atoms with Crippen molar-refractivity contribution < 1.29 is 9.59 Å². The standard InChI is InChI=1S/C11H15N3O2S/c1-6-3-8(6)4-12-10(16)9-5-17-11(14-9)13-7(2)15/h5-6,8H,3-4H2,1-2H3,(H,12,16)(H,13,14,15)/t6-,8-/m0/s1. The Hall–Kier alpha value is -1.43. The number of carbonyl (C=O) groups is 2. The van der Waals surface area contributed by atoms with Crippen LogP contribution in [-0.4, -0.2) is 23.3 Å². The van der Waals surface area contributed by atoms with E-state index in [4.69, 9.17) is 0 Å². The summed E-state index contributed by atoms with van der Waals surface area (Å²) in [4.78, 5) is 26.6. The molecular weight excluding hydrogens is 238 g/mol. The van der Waals surface area contributed by atoms with Gasteiger partial charge in [-0.2, -0.15) is 0 Å². The molecule has 0 saturated heterocycles. The highest BCUT2D eigenvalue weighted by molar-refractivity contribution is 7.14. The lowest BCUT2D eigenvalue weighted by molar-refractivity contribution is -0.114. The van der Waals surface area contributed by atoms with Crippen LogP contribution in [0.2, 0.25) is 0 Å². The van der Waals surface area contributed by atoms with Gasteiger partial charge < -0.3 is 10.6 Å². The van der Waals surface area contributed by atoms with Gasteiger partial charge in [0.05, 0.1) is 0 Å². The molecule has 1 aliphatic rings. The molecular formula is C11H15N3O2S. The van der Waals surface area contributed by atoms with Crippen molar-refractivity contribution >= 4 is 28.3 Å². The summed E-state index contributed by atoms with van der Waals surface area (Å²) in [5.41, 5.74) is 0.368. The third-order valence-electron chi connectivity index (χ3n) is 2.82. The molecule has 1 saturated carbocycles. The minimum atomic E-state index is -0.182. The van der Waals surface area contributed by atoms with Crippen molar-refractivity contribution in [3.05, 3.63) is 11.1 Å². The zero-order valence-electron chi connectivity index (χ0n) is 9.82. The van der Waals surface area contributed by atoms with Crippen molar-refractivity contribution in [1.29, 1.82) is 0 Å². The fraction of sp³-hybridized carbons (Fsp3) is 0.545. The van der Waals surface area contributed by atoms with Crippen LogP contribution in [0, 0.1) is 11.8 Å². The molecule has 92 valence electrons. The fourth-order valence-corrected chi connectivity index (χ4v) is 2.32. The van der Waals surface area contributed by atoms with Crippen molar-refractivity contribution in [2.75, 3.05) is 11.9 Å². The quantitative estimate of drug-likeness (QED) is 0.854. The molecule has 1 heterocycles. The van der Waals surface area contributed by atoms with E-state index in [-0.39, 0.29) is 11.8 Å². The summed E-state index contributed by atoms with van der Waals surface area (Å²) >= 11 is 1.25. The maximum absolute atomic E-state index is 11.7. The van der Waals surface area contributed by atoms with Gasteiger partial charge in [-0.15, -0.1) is 11.3 Å². The number of hydrogen-bond donors (Lipinski definition) is 2. The highest BCUT2D eigenvalue weighted by Crippen LogP contribution is 2.36. The van der Waals surface area contributed by atoms with Crippen LogP contribution in [-0.2, 0) is 4.79 Å². The predicted octanol–water partition coefficient (Wildman–Crippen LogP) is 1.49. The number of nitrogens with one attached hydrogen (secondary N) is 2. The molecule has 2 amide bonds. The van der Waals surface area contributed by atoms with E-state index in [2.05, 4.69) is 22.5 Å². The minimum absolute atomic E-state index is 0.169. The van der Waals surface area contributed by atoms with Crippen LogP contribution in [0.25, 0.3) is 0 Å². The second kappa shape index (κ2) is 4.83. The van der Waals surface area contributed by atoms with Crippen LogP contribution < -0.4 is 10.6 Å². The molecule has 2 N–H and O–H groups in total. The van der Waals surface area contributed by atoms with Crippen molar-refractivity contribution in [3.63, 3.8) is 0 Å². The average Bonchev–Trinajstić information content (AvgIpc) is 2.75. The van der Waals surface area contributed by atoms with Crippen molar-refractivity contribution in [3.8, 4) is 0 Å². The molecule has 1 fully saturated rings. The van der Waals surface area contributed by atoms with E-state index < -0.39 is 0 Å². The Morgan fingerprint density at radius 1 is 1.59 bits per heavy atom. The Morgan fingerprint density at radius 2 is 2.29 bits per heavy atom. The lowest BCUT2D eigenvalue weighted by atomic mass is 10.3. The smallest absolute Gasteiger partial charge is 0.270 e. The molecule has 0 unspecified atom stereocenters. The first-order valence-electron chi connectivity index (χ1n) is 5.57. The zero-order chi connectivity index (χ0) is 12.4. The number of aromatic nitrogens is 1. The van der Waals surface area contributed by atoms with Crippen LogP contribution >= 0.6 is 11.3 Å². The van der Waals surface area contributed by atoms with Crippen molar-refractivity contribution in [2.45, 2.75) is 20.3 Å². The first-order valence-corrected chi connectivity index (χ1v) is 6.45. The molecule has 17 heavy (non-hydrogen) atoms. The largest absolute Gasteiger partial charge is 0.350 e. The van der Waals surface area contributed by atoms with E-state index >= 15 is 0 Å². The summed E-state index contributed by atoms with van der Waals surface area (Å²) in [7, 11) is 0. The first kappa shape index (κ1) is 12.0. The summed E-state index contributed by atoms with van der Waals surface area (Å²) in [6.45, 7) is 4.30. The van der Waals surface area contributed by atoms with Gasteiger partial charge in [-0.3, -0.25) is 9.59 Å². The summed E-state index contributed by atoms with van der Waals surface area (Å²) in [5.74, 6) is 0.989. The van der Waals surface area contributed by atoms with Crippen LogP contribution in [0.1, 0.15) is 30.8 Å². The molecule has 6 heteroatoms. The summed E-state index contributed by atoms with van der Waals surface area (Å²) < 4.78 is 0. The lowest BCUT2D eigenvalue weighted by Gasteiger charge is -2.01.